The molecule has 0 bridgehead atoms. The average Bonchev–Trinajstić information content (AvgIpc) is 3.12. The Balaban J connectivity index is 1.51. The standard InChI is InChI=1S/C23H17Cl2N3O2S/c1-12-7-13(2)9-14(8-12)21(29)28-23(31)26-16-4-6-20-19(11-16)27-22(30-20)17-10-15(24)3-5-18(17)25/h3-11H,1-2H3,(H2,26,28,29,31). The molecule has 1 aromatic heterocycles. The minimum absolute atomic E-state index is 0.185. The van der Waals surface area contributed by atoms with Crippen molar-refractivity contribution in [2.75, 3.05) is 5.32 Å². The van der Waals surface area contributed by atoms with E-state index in [-0.39, 0.29) is 11.0 Å². The molecular formula is C23H17Cl2N3O2S. The Hall–Kier alpha value is -2.93. The van der Waals surface area contributed by atoms with E-state index in [4.69, 9.17) is 39.8 Å². The van der Waals surface area contributed by atoms with Gasteiger partial charge in [0.15, 0.2) is 10.7 Å². The average molecular weight is 470 g/mol. The van der Waals surface area contributed by atoms with Gasteiger partial charge < -0.3 is 9.73 Å². The Bertz CT molecular complexity index is 1310. The molecule has 5 nitrogen and oxygen atoms in total. The molecule has 4 aromatic rings. The predicted octanol–water partition coefficient (Wildman–Crippen LogP) is 6.55. The van der Waals surface area contributed by atoms with Gasteiger partial charge in [-0.3, -0.25) is 10.1 Å². The predicted molar refractivity (Wildman–Crippen MR) is 129 cm³/mol. The maximum atomic E-state index is 12.5. The zero-order chi connectivity index (χ0) is 22.1. The number of halogens is 2. The van der Waals surface area contributed by atoms with E-state index in [9.17, 15) is 4.79 Å². The lowest BCUT2D eigenvalue weighted by Gasteiger charge is -2.10. The van der Waals surface area contributed by atoms with Gasteiger partial charge in [-0.05, 0) is 74.6 Å². The molecule has 1 heterocycles. The van der Waals surface area contributed by atoms with Crippen molar-refractivity contribution in [2.24, 2.45) is 0 Å². The lowest BCUT2D eigenvalue weighted by Crippen LogP contribution is -2.34. The van der Waals surface area contributed by atoms with Crippen LogP contribution in [0.3, 0.4) is 0 Å². The highest BCUT2D eigenvalue weighted by Crippen LogP contribution is 2.32. The van der Waals surface area contributed by atoms with Crippen molar-refractivity contribution >= 4 is 63.2 Å². The van der Waals surface area contributed by atoms with E-state index in [2.05, 4.69) is 15.6 Å². The summed E-state index contributed by atoms with van der Waals surface area (Å²) in [5, 5.41) is 6.91. The number of aryl methyl sites for hydroxylation is 2. The SMILES string of the molecule is Cc1cc(C)cc(C(=O)NC(=S)Nc2ccc3oc(-c4cc(Cl)ccc4Cl)nc3c2)c1. The minimum Gasteiger partial charge on any atom is -0.436 e. The zero-order valence-electron chi connectivity index (χ0n) is 16.6. The third kappa shape index (κ3) is 4.88. The van der Waals surface area contributed by atoms with Gasteiger partial charge in [0.1, 0.15) is 5.52 Å². The van der Waals surface area contributed by atoms with Gasteiger partial charge in [-0.2, -0.15) is 0 Å². The molecule has 0 aliphatic rings. The van der Waals surface area contributed by atoms with Gasteiger partial charge in [0.05, 0.1) is 10.6 Å². The summed E-state index contributed by atoms with van der Waals surface area (Å²) >= 11 is 17.6. The summed E-state index contributed by atoms with van der Waals surface area (Å²) in [4.78, 5) is 17.0. The summed E-state index contributed by atoms with van der Waals surface area (Å²) in [6, 6.07) is 16.0. The smallest absolute Gasteiger partial charge is 0.257 e. The molecule has 0 aliphatic heterocycles. The van der Waals surface area contributed by atoms with Crippen molar-refractivity contribution in [3.8, 4) is 11.5 Å². The molecule has 0 radical (unpaired) electrons. The molecule has 0 unspecified atom stereocenters. The van der Waals surface area contributed by atoms with Crippen molar-refractivity contribution in [1.29, 1.82) is 0 Å². The van der Waals surface area contributed by atoms with Crippen molar-refractivity contribution in [3.05, 3.63) is 81.3 Å². The van der Waals surface area contributed by atoms with E-state index in [1.165, 1.54) is 0 Å². The molecule has 31 heavy (non-hydrogen) atoms. The molecule has 0 aliphatic carbocycles. The summed E-state index contributed by atoms with van der Waals surface area (Å²) in [6.07, 6.45) is 0. The Morgan fingerprint density at radius 3 is 2.48 bits per heavy atom. The number of thiocarbonyl (C=S) groups is 1. The topological polar surface area (TPSA) is 67.2 Å². The number of aromatic nitrogens is 1. The Morgan fingerprint density at radius 1 is 1.00 bits per heavy atom. The fraction of sp³-hybridized carbons (Fsp3) is 0.0870. The normalized spacial score (nSPS) is 10.8. The van der Waals surface area contributed by atoms with Crippen molar-refractivity contribution < 1.29 is 9.21 Å². The summed E-state index contributed by atoms with van der Waals surface area (Å²) in [6.45, 7) is 3.89. The molecular weight excluding hydrogens is 453 g/mol. The first kappa shape index (κ1) is 21.3. The summed E-state index contributed by atoms with van der Waals surface area (Å²) in [5.74, 6) is 0.0926. The first-order chi connectivity index (χ1) is 14.8. The van der Waals surface area contributed by atoms with Crippen LogP contribution < -0.4 is 10.6 Å². The number of carbonyl (C=O) groups is 1. The lowest BCUT2D eigenvalue weighted by atomic mass is 10.1. The van der Waals surface area contributed by atoms with Crippen molar-refractivity contribution in [3.63, 3.8) is 0 Å². The van der Waals surface area contributed by atoms with Crippen LogP contribution in [0.5, 0.6) is 0 Å². The van der Waals surface area contributed by atoms with Crippen LogP contribution in [0.15, 0.2) is 59.0 Å². The summed E-state index contributed by atoms with van der Waals surface area (Å²) in [5.41, 5.74) is 5.04. The van der Waals surface area contributed by atoms with Crippen LogP contribution >= 0.6 is 35.4 Å². The number of rotatable bonds is 3. The molecule has 8 heteroatoms. The van der Waals surface area contributed by atoms with Crippen LogP contribution in [-0.2, 0) is 0 Å². The number of benzene rings is 3. The van der Waals surface area contributed by atoms with Gasteiger partial charge in [0, 0.05) is 16.3 Å². The highest BCUT2D eigenvalue weighted by Gasteiger charge is 2.14. The van der Waals surface area contributed by atoms with E-state index in [1.807, 2.05) is 32.0 Å². The highest BCUT2D eigenvalue weighted by atomic mass is 35.5. The maximum absolute atomic E-state index is 12.5. The number of anilines is 1. The van der Waals surface area contributed by atoms with Gasteiger partial charge in [-0.15, -0.1) is 0 Å². The number of amides is 1. The molecule has 3 aromatic carbocycles. The number of nitrogens with one attached hydrogen (secondary N) is 2. The van der Waals surface area contributed by atoms with Gasteiger partial charge >= 0.3 is 0 Å². The first-order valence-electron chi connectivity index (χ1n) is 9.35. The number of fused-ring (bicyclic) bond motifs is 1. The van der Waals surface area contributed by atoms with Gasteiger partial charge in [-0.1, -0.05) is 40.4 Å². The third-order valence-corrected chi connectivity index (χ3v) is 5.28. The largest absolute Gasteiger partial charge is 0.436 e. The molecule has 1 amide bonds. The quantitative estimate of drug-likeness (QED) is 0.333. The number of carbonyl (C=O) groups excluding carboxylic acids is 1. The van der Waals surface area contributed by atoms with Crippen LogP contribution in [0.4, 0.5) is 5.69 Å². The monoisotopic (exact) mass is 469 g/mol. The molecule has 0 atom stereocenters. The van der Waals surface area contributed by atoms with E-state index >= 15 is 0 Å². The van der Waals surface area contributed by atoms with Crippen molar-refractivity contribution in [1.82, 2.24) is 10.3 Å². The Morgan fingerprint density at radius 2 is 1.74 bits per heavy atom. The molecule has 0 spiro atoms. The second kappa shape index (κ2) is 8.67. The number of oxazole rings is 1. The molecule has 156 valence electrons. The summed E-state index contributed by atoms with van der Waals surface area (Å²) < 4.78 is 5.81. The van der Waals surface area contributed by atoms with Crippen LogP contribution in [0.2, 0.25) is 10.0 Å². The number of nitrogens with zero attached hydrogens (tertiary/aromatic N) is 1. The van der Waals surface area contributed by atoms with Gasteiger partial charge in [0.2, 0.25) is 5.89 Å². The van der Waals surface area contributed by atoms with Crippen LogP contribution in [0.25, 0.3) is 22.6 Å². The van der Waals surface area contributed by atoms with Crippen LogP contribution in [-0.4, -0.2) is 16.0 Å². The van der Waals surface area contributed by atoms with Crippen LogP contribution in [0.1, 0.15) is 21.5 Å². The van der Waals surface area contributed by atoms with E-state index in [1.54, 1.807) is 36.4 Å². The molecule has 4 rings (SSSR count). The third-order valence-electron chi connectivity index (χ3n) is 4.52. The van der Waals surface area contributed by atoms with Crippen molar-refractivity contribution in [2.45, 2.75) is 13.8 Å². The molecule has 0 saturated carbocycles. The second-order valence-corrected chi connectivity index (χ2v) is 8.36. The summed E-state index contributed by atoms with van der Waals surface area (Å²) in [7, 11) is 0. The minimum atomic E-state index is -0.273. The fourth-order valence-electron chi connectivity index (χ4n) is 3.23. The first-order valence-corrected chi connectivity index (χ1v) is 10.5. The van der Waals surface area contributed by atoms with Gasteiger partial charge in [0.25, 0.3) is 5.91 Å². The Kier molecular flexibility index (Phi) is 5.96. The highest BCUT2D eigenvalue weighted by molar-refractivity contribution is 7.80. The number of hydrogen-bond acceptors (Lipinski definition) is 4. The lowest BCUT2D eigenvalue weighted by molar-refractivity contribution is 0.0977. The van der Waals surface area contributed by atoms with E-state index < -0.39 is 0 Å². The van der Waals surface area contributed by atoms with E-state index in [0.717, 1.165) is 11.1 Å². The van der Waals surface area contributed by atoms with Crippen LogP contribution in [0, 0.1) is 13.8 Å². The fourth-order valence-corrected chi connectivity index (χ4v) is 3.81. The zero-order valence-corrected chi connectivity index (χ0v) is 19.0. The Labute approximate surface area is 194 Å². The van der Waals surface area contributed by atoms with E-state index in [0.29, 0.717) is 43.9 Å². The maximum Gasteiger partial charge on any atom is 0.257 e. The molecule has 2 N–H and O–H groups in total. The molecule has 0 saturated heterocycles. The molecule has 0 fully saturated rings. The number of hydrogen-bond donors (Lipinski definition) is 2. The van der Waals surface area contributed by atoms with Gasteiger partial charge in [-0.25, -0.2) is 4.98 Å². The second-order valence-electron chi connectivity index (χ2n) is 7.11.